The molecule has 0 aromatic heterocycles. The quantitative estimate of drug-likeness (QED) is 0.910. The van der Waals surface area contributed by atoms with E-state index in [1.54, 1.807) is 0 Å². The SMILES string of the molecule is OC(CN1[C]N(Cc2ccccc2)C=C1)c1ccccc1. The molecule has 21 heavy (non-hydrogen) atoms. The van der Waals surface area contributed by atoms with Gasteiger partial charge in [-0.2, -0.15) is 0 Å². The van der Waals surface area contributed by atoms with E-state index in [1.165, 1.54) is 5.56 Å². The Hall–Kier alpha value is -2.26. The molecule has 0 spiro atoms. The summed E-state index contributed by atoms with van der Waals surface area (Å²) in [6, 6.07) is 20.0. The normalized spacial score (nSPS) is 15.5. The van der Waals surface area contributed by atoms with Crippen LogP contribution < -0.4 is 0 Å². The summed E-state index contributed by atoms with van der Waals surface area (Å²) >= 11 is 0. The standard InChI is InChI=1S/C18H18N2O/c21-18(17-9-5-2-6-10-17)14-20-12-11-19(15-20)13-16-7-3-1-4-8-16/h1-12,18,21H,13-14H2. The summed E-state index contributed by atoms with van der Waals surface area (Å²) in [5.41, 5.74) is 2.16. The van der Waals surface area contributed by atoms with Gasteiger partial charge in [0.25, 0.3) is 0 Å². The first-order chi connectivity index (χ1) is 10.3. The Kier molecular flexibility index (Phi) is 4.22. The monoisotopic (exact) mass is 278 g/mol. The fourth-order valence-corrected chi connectivity index (χ4v) is 2.33. The third-order valence-electron chi connectivity index (χ3n) is 3.43. The van der Waals surface area contributed by atoms with Crippen molar-refractivity contribution in [1.29, 1.82) is 0 Å². The van der Waals surface area contributed by atoms with Crippen LogP contribution in [-0.4, -0.2) is 21.5 Å². The maximum atomic E-state index is 10.2. The van der Waals surface area contributed by atoms with E-state index in [1.807, 2.05) is 70.7 Å². The lowest BCUT2D eigenvalue weighted by Gasteiger charge is -2.21. The molecule has 2 radical (unpaired) electrons. The molecule has 1 unspecified atom stereocenters. The van der Waals surface area contributed by atoms with Gasteiger partial charge in [0, 0.05) is 18.9 Å². The van der Waals surface area contributed by atoms with E-state index < -0.39 is 6.10 Å². The number of benzene rings is 2. The summed E-state index contributed by atoms with van der Waals surface area (Å²) in [7, 11) is 0. The second kappa shape index (κ2) is 6.46. The van der Waals surface area contributed by atoms with Gasteiger partial charge in [0.05, 0.1) is 12.6 Å². The summed E-state index contributed by atoms with van der Waals surface area (Å²) in [4.78, 5) is 3.88. The molecule has 0 aliphatic carbocycles. The van der Waals surface area contributed by atoms with Crippen molar-refractivity contribution < 1.29 is 5.11 Å². The van der Waals surface area contributed by atoms with E-state index in [-0.39, 0.29) is 0 Å². The lowest BCUT2D eigenvalue weighted by molar-refractivity contribution is 0.140. The summed E-state index contributed by atoms with van der Waals surface area (Å²) in [5.74, 6) is 0. The molecule has 0 saturated carbocycles. The molecule has 0 fully saturated rings. The van der Waals surface area contributed by atoms with Crippen molar-refractivity contribution in [3.05, 3.63) is 90.9 Å². The Balaban J connectivity index is 1.52. The summed E-state index contributed by atoms with van der Waals surface area (Å²) in [6.45, 7) is 4.53. The summed E-state index contributed by atoms with van der Waals surface area (Å²) in [5, 5.41) is 10.2. The van der Waals surface area contributed by atoms with Gasteiger partial charge in [-0.05, 0) is 11.1 Å². The second-order valence-corrected chi connectivity index (χ2v) is 5.09. The van der Waals surface area contributed by atoms with Crippen LogP contribution in [0.15, 0.2) is 73.1 Å². The van der Waals surface area contributed by atoms with E-state index in [0.29, 0.717) is 6.54 Å². The first-order valence-corrected chi connectivity index (χ1v) is 7.06. The van der Waals surface area contributed by atoms with Crippen molar-refractivity contribution in [1.82, 2.24) is 9.80 Å². The number of hydrogen-bond donors (Lipinski definition) is 1. The summed E-state index contributed by atoms with van der Waals surface area (Å²) in [6.07, 6.45) is 3.40. The van der Waals surface area contributed by atoms with Gasteiger partial charge in [-0.1, -0.05) is 60.7 Å². The van der Waals surface area contributed by atoms with Gasteiger partial charge >= 0.3 is 0 Å². The Morgan fingerprint density at radius 1 is 0.857 bits per heavy atom. The van der Waals surface area contributed by atoms with Gasteiger partial charge in [0.2, 0.25) is 6.67 Å². The van der Waals surface area contributed by atoms with Crippen molar-refractivity contribution in [2.24, 2.45) is 0 Å². The zero-order valence-electron chi connectivity index (χ0n) is 11.8. The number of β-amino-alcohol motifs (C(OH)–C–C–N with tert-alkyl or cyclic N) is 1. The van der Waals surface area contributed by atoms with Crippen LogP contribution in [0.25, 0.3) is 0 Å². The minimum atomic E-state index is -0.514. The minimum Gasteiger partial charge on any atom is -0.387 e. The highest BCUT2D eigenvalue weighted by molar-refractivity contribution is 5.19. The molecular weight excluding hydrogens is 260 g/mol. The van der Waals surface area contributed by atoms with Gasteiger partial charge < -0.3 is 14.9 Å². The van der Waals surface area contributed by atoms with Crippen molar-refractivity contribution in [2.75, 3.05) is 6.54 Å². The number of nitrogens with zero attached hydrogens (tertiary/aromatic N) is 2. The third-order valence-corrected chi connectivity index (χ3v) is 3.43. The van der Waals surface area contributed by atoms with Gasteiger partial charge in [0.1, 0.15) is 0 Å². The molecule has 1 atom stereocenters. The molecule has 3 nitrogen and oxygen atoms in total. The lowest BCUT2D eigenvalue weighted by Crippen LogP contribution is -2.23. The van der Waals surface area contributed by atoms with Crippen LogP contribution in [0.1, 0.15) is 17.2 Å². The largest absolute Gasteiger partial charge is 0.387 e. The fraction of sp³-hybridized carbons (Fsp3) is 0.167. The predicted octanol–water partition coefficient (Wildman–Crippen LogP) is 3.01. The molecule has 0 bridgehead atoms. The lowest BCUT2D eigenvalue weighted by atomic mass is 10.1. The number of aliphatic hydroxyl groups excluding tert-OH is 1. The molecular formula is C18H18N2O. The summed E-state index contributed by atoms with van der Waals surface area (Å²) < 4.78 is 0. The van der Waals surface area contributed by atoms with E-state index in [2.05, 4.69) is 18.8 Å². The predicted molar refractivity (Wildman–Crippen MR) is 82.5 cm³/mol. The Morgan fingerprint density at radius 3 is 2.19 bits per heavy atom. The van der Waals surface area contributed by atoms with Gasteiger partial charge in [-0.25, -0.2) is 0 Å². The van der Waals surface area contributed by atoms with Crippen molar-refractivity contribution in [2.45, 2.75) is 12.6 Å². The molecule has 2 aromatic carbocycles. The highest BCUT2D eigenvalue weighted by Gasteiger charge is 2.18. The average molecular weight is 278 g/mol. The van der Waals surface area contributed by atoms with Crippen LogP contribution in [0.2, 0.25) is 0 Å². The zero-order valence-corrected chi connectivity index (χ0v) is 11.8. The molecule has 2 aromatic rings. The van der Waals surface area contributed by atoms with Gasteiger partial charge in [-0.3, -0.25) is 0 Å². The molecule has 0 saturated heterocycles. The molecule has 1 heterocycles. The van der Waals surface area contributed by atoms with Crippen LogP contribution in [0.4, 0.5) is 0 Å². The maximum Gasteiger partial charge on any atom is 0.208 e. The highest BCUT2D eigenvalue weighted by Crippen LogP contribution is 2.20. The minimum absolute atomic E-state index is 0.506. The second-order valence-electron chi connectivity index (χ2n) is 5.09. The van der Waals surface area contributed by atoms with Crippen LogP contribution in [0, 0.1) is 6.67 Å². The third kappa shape index (κ3) is 3.64. The van der Waals surface area contributed by atoms with Gasteiger partial charge in [0.15, 0.2) is 0 Å². The van der Waals surface area contributed by atoms with E-state index >= 15 is 0 Å². The van der Waals surface area contributed by atoms with Crippen LogP contribution in [-0.2, 0) is 6.54 Å². The average Bonchev–Trinajstić information content (AvgIpc) is 2.96. The smallest absolute Gasteiger partial charge is 0.208 e. The van der Waals surface area contributed by atoms with E-state index in [4.69, 9.17) is 0 Å². The Morgan fingerprint density at radius 2 is 1.48 bits per heavy atom. The zero-order chi connectivity index (χ0) is 14.5. The molecule has 3 rings (SSSR count). The topological polar surface area (TPSA) is 26.7 Å². The molecule has 0 amide bonds. The Labute approximate surface area is 125 Å². The van der Waals surface area contributed by atoms with E-state index in [0.717, 1.165) is 12.1 Å². The van der Waals surface area contributed by atoms with Gasteiger partial charge in [-0.15, -0.1) is 0 Å². The first kappa shape index (κ1) is 13.7. The molecule has 1 N–H and O–H groups in total. The van der Waals surface area contributed by atoms with Crippen molar-refractivity contribution in [3.63, 3.8) is 0 Å². The number of rotatable bonds is 5. The first-order valence-electron chi connectivity index (χ1n) is 7.06. The van der Waals surface area contributed by atoms with Crippen LogP contribution in [0.3, 0.4) is 0 Å². The van der Waals surface area contributed by atoms with E-state index in [9.17, 15) is 5.11 Å². The Bertz CT molecular complexity index is 583. The molecule has 1 aliphatic heterocycles. The molecule has 1 aliphatic rings. The van der Waals surface area contributed by atoms with Crippen molar-refractivity contribution in [3.8, 4) is 0 Å². The van der Waals surface area contributed by atoms with Crippen LogP contribution in [0.5, 0.6) is 0 Å². The number of aliphatic hydroxyl groups is 1. The molecule has 106 valence electrons. The van der Waals surface area contributed by atoms with Crippen LogP contribution >= 0.6 is 0 Å². The molecule has 3 heteroatoms. The fourth-order valence-electron chi connectivity index (χ4n) is 2.33. The van der Waals surface area contributed by atoms with Crippen molar-refractivity contribution >= 4 is 0 Å². The highest BCUT2D eigenvalue weighted by atomic mass is 16.3. The maximum absolute atomic E-state index is 10.2. The number of hydrogen-bond acceptors (Lipinski definition) is 3.